The number of furan rings is 1. The fourth-order valence-corrected chi connectivity index (χ4v) is 3.22. The van der Waals surface area contributed by atoms with Gasteiger partial charge >= 0.3 is 0 Å². The topological polar surface area (TPSA) is 71.8 Å². The lowest BCUT2D eigenvalue weighted by Gasteiger charge is -2.20. The highest BCUT2D eigenvalue weighted by Gasteiger charge is 2.36. The minimum Gasteiger partial charge on any atom is -0.495 e. The molecule has 0 bridgehead atoms. The predicted molar refractivity (Wildman–Crippen MR) is 98.2 cm³/mol. The van der Waals surface area contributed by atoms with Gasteiger partial charge in [-0.3, -0.25) is 9.59 Å². The van der Waals surface area contributed by atoms with Crippen molar-refractivity contribution in [1.82, 2.24) is 5.32 Å². The molecule has 0 aliphatic carbocycles. The number of benzene rings is 1. The first kappa shape index (κ1) is 18.0. The third kappa shape index (κ3) is 3.59. The Balaban J connectivity index is 1.71. The van der Waals surface area contributed by atoms with Crippen molar-refractivity contribution in [2.75, 3.05) is 18.6 Å². The van der Waals surface area contributed by atoms with Crippen LogP contribution >= 0.6 is 0 Å². The van der Waals surface area contributed by atoms with Gasteiger partial charge in [0.2, 0.25) is 11.8 Å². The Hall–Kier alpha value is -2.76. The quantitative estimate of drug-likeness (QED) is 0.893. The summed E-state index contributed by atoms with van der Waals surface area (Å²) < 4.78 is 10.9. The van der Waals surface area contributed by atoms with E-state index in [9.17, 15) is 9.59 Å². The minimum absolute atomic E-state index is 0.0736. The van der Waals surface area contributed by atoms with Gasteiger partial charge in [0.1, 0.15) is 17.3 Å². The zero-order valence-electron chi connectivity index (χ0n) is 15.5. The van der Waals surface area contributed by atoms with Gasteiger partial charge in [-0.1, -0.05) is 6.07 Å². The van der Waals surface area contributed by atoms with E-state index in [-0.39, 0.29) is 24.3 Å². The van der Waals surface area contributed by atoms with Crippen molar-refractivity contribution >= 4 is 17.5 Å². The molecular weight excluding hydrogens is 332 g/mol. The molecule has 0 radical (unpaired) electrons. The van der Waals surface area contributed by atoms with Crippen molar-refractivity contribution in [3.05, 3.63) is 47.4 Å². The van der Waals surface area contributed by atoms with E-state index in [0.29, 0.717) is 23.7 Å². The van der Waals surface area contributed by atoms with Crippen LogP contribution in [0.2, 0.25) is 0 Å². The van der Waals surface area contributed by atoms with Gasteiger partial charge in [-0.25, -0.2) is 0 Å². The van der Waals surface area contributed by atoms with Crippen LogP contribution in [-0.2, 0) is 9.59 Å². The lowest BCUT2D eigenvalue weighted by Crippen LogP contribution is -2.34. The summed E-state index contributed by atoms with van der Waals surface area (Å²) in [7, 11) is 1.58. The summed E-state index contributed by atoms with van der Waals surface area (Å²) in [6.45, 7) is 6.03. The van der Waals surface area contributed by atoms with Gasteiger partial charge in [0.15, 0.2) is 0 Å². The van der Waals surface area contributed by atoms with E-state index in [2.05, 4.69) is 5.32 Å². The molecule has 1 aromatic heterocycles. The van der Waals surface area contributed by atoms with Crippen LogP contribution in [0.3, 0.4) is 0 Å². The molecule has 1 aliphatic heterocycles. The number of carbonyl (C=O) groups is 2. The van der Waals surface area contributed by atoms with Crippen LogP contribution in [-0.4, -0.2) is 25.5 Å². The average Bonchev–Trinajstić information content (AvgIpc) is 3.20. The number of amides is 2. The molecule has 0 saturated carbocycles. The predicted octanol–water partition coefficient (Wildman–Crippen LogP) is 3.14. The van der Waals surface area contributed by atoms with Crippen molar-refractivity contribution in [3.8, 4) is 5.75 Å². The van der Waals surface area contributed by atoms with Gasteiger partial charge in [-0.05, 0) is 50.6 Å². The number of hydrogen-bond donors (Lipinski definition) is 1. The highest BCUT2D eigenvalue weighted by molar-refractivity contribution is 6.01. The molecule has 2 atom stereocenters. The lowest BCUT2D eigenvalue weighted by atomic mass is 10.1. The summed E-state index contributed by atoms with van der Waals surface area (Å²) in [4.78, 5) is 26.8. The van der Waals surface area contributed by atoms with Crippen LogP contribution in [0.25, 0.3) is 0 Å². The van der Waals surface area contributed by atoms with E-state index in [1.54, 1.807) is 12.0 Å². The van der Waals surface area contributed by atoms with Crippen LogP contribution in [0.4, 0.5) is 5.69 Å². The van der Waals surface area contributed by atoms with Crippen LogP contribution in [0.5, 0.6) is 5.75 Å². The molecule has 1 aromatic carbocycles. The molecule has 0 spiro atoms. The van der Waals surface area contributed by atoms with E-state index in [4.69, 9.17) is 9.15 Å². The molecule has 1 N–H and O–H groups in total. The highest BCUT2D eigenvalue weighted by Crippen LogP contribution is 2.34. The number of anilines is 1. The standard InChI is InChI=1S/C20H24N2O4/c1-12-5-7-18(25-4)16(9-12)22-11-15(10-19(22)23)20(24)21-14(3)17-8-6-13(2)26-17/h5-9,14-15H,10-11H2,1-4H3,(H,21,24). The summed E-state index contributed by atoms with van der Waals surface area (Å²) in [5.41, 5.74) is 1.74. The molecule has 1 fully saturated rings. The van der Waals surface area contributed by atoms with Gasteiger partial charge in [0.25, 0.3) is 0 Å². The van der Waals surface area contributed by atoms with Gasteiger partial charge in [0, 0.05) is 13.0 Å². The summed E-state index contributed by atoms with van der Waals surface area (Å²) in [5, 5.41) is 2.94. The third-order valence-electron chi connectivity index (χ3n) is 4.67. The van der Waals surface area contributed by atoms with Gasteiger partial charge in [0.05, 0.1) is 24.8 Å². The molecular formula is C20H24N2O4. The molecule has 2 heterocycles. The zero-order valence-corrected chi connectivity index (χ0v) is 15.5. The van der Waals surface area contributed by atoms with E-state index >= 15 is 0 Å². The Morgan fingerprint density at radius 2 is 2.08 bits per heavy atom. The number of ether oxygens (including phenoxy) is 1. The van der Waals surface area contributed by atoms with E-state index in [1.807, 2.05) is 51.1 Å². The molecule has 1 aliphatic rings. The highest BCUT2D eigenvalue weighted by atomic mass is 16.5. The lowest BCUT2D eigenvalue weighted by molar-refractivity contribution is -0.127. The molecule has 26 heavy (non-hydrogen) atoms. The molecule has 2 unspecified atom stereocenters. The van der Waals surface area contributed by atoms with E-state index < -0.39 is 5.92 Å². The first-order valence-electron chi connectivity index (χ1n) is 8.70. The maximum absolute atomic E-state index is 12.6. The average molecular weight is 356 g/mol. The van der Waals surface area contributed by atoms with Crippen molar-refractivity contribution in [3.63, 3.8) is 0 Å². The normalized spacial score (nSPS) is 18.1. The van der Waals surface area contributed by atoms with E-state index in [0.717, 1.165) is 11.3 Å². The largest absolute Gasteiger partial charge is 0.495 e. The van der Waals surface area contributed by atoms with Crippen LogP contribution in [0, 0.1) is 19.8 Å². The van der Waals surface area contributed by atoms with Crippen LogP contribution in [0.1, 0.15) is 36.5 Å². The Bertz CT molecular complexity index is 827. The SMILES string of the molecule is COc1ccc(C)cc1N1CC(C(=O)NC(C)c2ccc(C)o2)CC1=O. The Morgan fingerprint density at radius 1 is 1.31 bits per heavy atom. The second kappa shape index (κ2) is 7.23. The second-order valence-electron chi connectivity index (χ2n) is 6.76. The van der Waals surface area contributed by atoms with Crippen LogP contribution in [0.15, 0.2) is 34.7 Å². The fraction of sp³-hybridized carbons (Fsp3) is 0.400. The van der Waals surface area contributed by atoms with Gasteiger partial charge in [-0.15, -0.1) is 0 Å². The number of rotatable bonds is 5. The summed E-state index contributed by atoms with van der Waals surface area (Å²) in [5.74, 6) is 1.52. The number of carbonyl (C=O) groups excluding carboxylic acids is 2. The third-order valence-corrected chi connectivity index (χ3v) is 4.67. The molecule has 1 saturated heterocycles. The van der Waals surface area contributed by atoms with Crippen molar-refractivity contribution in [1.29, 1.82) is 0 Å². The summed E-state index contributed by atoms with van der Waals surface area (Å²) in [6.07, 6.45) is 0.187. The first-order valence-corrected chi connectivity index (χ1v) is 8.70. The smallest absolute Gasteiger partial charge is 0.227 e. The maximum Gasteiger partial charge on any atom is 0.227 e. The molecule has 138 valence electrons. The Kier molecular flexibility index (Phi) is 5.02. The zero-order chi connectivity index (χ0) is 18.8. The molecule has 2 amide bonds. The molecule has 3 rings (SSSR count). The van der Waals surface area contributed by atoms with Crippen molar-refractivity contribution in [2.45, 2.75) is 33.2 Å². The second-order valence-corrected chi connectivity index (χ2v) is 6.76. The summed E-state index contributed by atoms with van der Waals surface area (Å²) >= 11 is 0. The first-order chi connectivity index (χ1) is 12.4. The maximum atomic E-state index is 12.6. The van der Waals surface area contributed by atoms with Crippen molar-refractivity contribution in [2.24, 2.45) is 5.92 Å². The molecule has 6 nitrogen and oxygen atoms in total. The van der Waals surface area contributed by atoms with E-state index in [1.165, 1.54) is 0 Å². The monoisotopic (exact) mass is 356 g/mol. The van der Waals surface area contributed by atoms with Gasteiger partial charge < -0.3 is 19.4 Å². The number of nitrogens with zero attached hydrogens (tertiary/aromatic N) is 1. The number of nitrogens with one attached hydrogen (secondary N) is 1. The fourth-order valence-electron chi connectivity index (χ4n) is 3.22. The molecule has 6 heteroatoms. The van der Waals surface area contributed by atoms with Crippen molar-refractivity contribution < 1.29 is 18.7 Å². The number of aryl methyl sites for hydroxylation is 2. The van der Waals surface area contributed by atoms with Crippen LogP contribution < -0.4 is 15.0 Å². The molecule has 2 aromatic rings. The summed E-state index contributed by atoms with van der Waals surface area (Å²) in [6, 6.07) is 9.15. The Labute approximate surface area is 153 Å². The Morgan fingerprint density at radius 3 is 2.73 bits per heavy atom. The number of methoxy groups -OCH3 is 1. The minimum atomic E-state index is -0.397. The van der Waals surface area contributed by atoms with Gasteiger partial charge in [-0.2, -0.15) is 0 Å². The number of hydrogen-bond acceptors (Lipinski definition) is 4.